The number of thiazole rings is 1. The first-order valence-corrected chi connectivity index (χ1v) is 10.2. The summed E-state index contributed by atoms with van der Waals surface area (Å²) >= 11 is 1.24. The van der Waals surface area contributed by atoms with Crippen molar-refractivity contribution in [1.82, 2.24) is 4.98 Å². The van der Waals surface area contributed by atoms with Crippen LogP contribution in [0.1, 0.15) is 27.3 Å². The minimum absolute atomic E-state index is 0.299. The standard InChI is InChI=1S/C23H17F3N2O2S/c1-14-20(12-15-5-4-7-18(11-15)23(24,25)26)31-22(27-14)28-21(29)17-9-10-30-19-8-3-2-6-16(19)13-17/h2-11,13H,12H2,1H3,(H,27,28,29). The third kappa shape index (κ3) is 4.86. The van der Waals surface area contributed by atoms with E-state index in [-0.39, 0.29) is 5.91 Å². The SMILES string of the molecule is Cc1nc(NC(=O)C2=Cc3ccccc3OC=C2)sc1Cc1cccc(C(F)(F)F)c1. The van der Waals surface area contributed by atoms with Gasteiger partial charge in [0.1, 0.15) is 5.75 Å². The first-order chi connectivity index (χ1) is 14.8. The van der Waals surface area contributed by atoms with Crippen LogP contribution in [0, 0.1) is 6.92 Å². The number of nitrogens with one attached hydrogen (secondary N) is 1. The number of alkyl halides is 3. The number of benzene rings is 2. The van der Waals surface area contributed by atoms with E-state index < -0.39 is 11.7 Å². The van der Waals surface area contributed by atoms with Crippen LogP contribution >= 0.6 is 11.3 Å². The van der Waals surface area contributed by atoms with Gasteiger partial charge in [0.05, 0.1) is 17.5 Å². The lowest BCUT2D eigenvalue weighted by molar-refractivity contribution is -0.137. The number of hydrogen-bond acceptors (Lipinski definition) is 4. The Hall–Kier alpha value is -3.39. The van der Waals surface area contributed by atoms with Crippen molar-refractivity contribution in [2.45, 2.75) is 19.5 Å². The second kappa shape index (κ2) is 8.39. The Balaban J connectivity index is 1.51. The highest BCUT2D eigenvalue weighted by molar-refractivity contribution is 7.15. The summed E-state index contributed by atoms with van der Waals surface area (Å²) in [6.07, 6.45) is 0.647. The number of para-hydroxylation sites is 1. The minimum atomic E-state index is -4.39. The number of hydrogen-bond donors (Lipinski definition) is 1. The third-order valence-corrected chi connectivity index (χ3v) is 5.74. The van der Waals surface area contributed by atoms with Crippen LogP contribution in [0.5, 0.6) is 5.75 Å². The summed E-state index contributed by atoms with van der Waals surface area (Å²) in [5.74, 6) is 0.297. The number of nitrogens with zero attached hydrogens (tertiary/aromatic N) is 1. The van der Waals surface area contributed by atoms with Crippen molar-refractivity contribution in [3.8, 4) is 5.75 Å². The van der Waals surface area contributed by atoms with Crippen LogP contribution in [-0.2, 0) is 17.4 Å². The van der Waals surface area contributed by atoms with E-state index in [9.17, 15) is 18.0 Å². The third-order valence-electron chi connectivity index (χ3n) is 4.67. The molecule has 0 unspecified atom stereocenters. The molecule has 0 aliphatic carbocycles. The van der Waals surface area contributed by atoms with Gasteiger partial charge < -0.3 is 4.74 Å². The van der Waals surface area contributed by atoms with Gasteiger partial charge >= 0.3 is 6.18 Å². The van der Waals surface area contributed by atoms with E-state index in [0.717, 1.165) is 22.6 Å². The quantitative estimate of drug-likeness (QED) is 0.540. The van der Waals surface area contributed by atoms with Crippen molar-refractivity contribution < 1.29 is 22.7 Å². The first kappa shape index (κ1) is 20.9. The molecule has 0 radical (unpaired) electrons. The number of ether oxygens (including phenoxy) is 1. The molecule has 8 heteroatoms. The van der Waals surface area contributed by atoms with Gasteiger partial charge in [0.25, 0.3) is 5.91 Å². The normalized spacial score (nSPS) is 13.1. The lowest BCUT2D eigenvalue weighted by atomic mass is 10.1. The highest BCUT2D eigenvalue weighted by Crippen LogP contribution is 2.32. The monoisotopic (exact) mass is 442 g/mol. The zero-order valence-electron chi connectivity index (χ0n) is 16.4. The van der Waals surface area contributed by atoms with Crippen LogP contribution in [0.4, 0.5) is 18.3 Å². The van der Waals surface area contributed by atoms with Crippen LogP contribution < -0.4 is 10.1 Å². The van der Waals surface area contributed by atoms with Crippen molar-refractivity contribution in [2.75, 3.05) is 5.32 Å². The zero-order chi connectivity index (χ0) is 22.0. The van der Waals surface area contributed by atoms with Gasteiger partial charge in [-0.3, -0.25) is 10.1 Å². The fourth-order valence-electron chi connectivity index (χ4n) is 3.10. The molecule has 4 rings (SSSR count). The number of carbonyl (C=O) groups excluding carboxylic acids is 1. The number of carbonyl (C=O) groups is 1. The molecule has 1 N–H and O–H groups in total. The van der Waals surface area contributed by atoms with E-state index in [2.05, 4.69) is 10.3 Å². The van der Waals surface area contributed by atoms with Crippen molar-refractivity contribution >= 4 is 28.5 Å². The van der Waals surface area contributed by atoms with Crippen LogP contribution in [0.3, 0.4) is 0 Å². The van der Waals surface area contributed by atoms with E-state index in [1.807, 2.05) is 18.2 Å². The van der Waals surface area contributed by atoms with Gasteiger partial charge in [0.15, 0.2) is 5.13 Å². The van der Waals surface area contributed by atoms with E-state index in [0.29, 0.717) is 34.1 Å². The summed E-state index contributed by atoms with van der Waals surface area (Å²) in [7, 11) is 0. The van der Waals surface area contributed by atoms with Crippen LogP contribution in [-0.4, -0.2) is 10.9 Å². The maximum Gasteiger partial charge on any atom is 0.416 e. The van der Waals surface area contributed by atoms with Crippen molar-refractivity contribution in [2.24, 2.45) is 0 Å². The first-order valence-electron chi connectivity index (χ1n) is 9.37. The summed E-state index contributed by atoms with van der Waals surface area (Å²) in [6, 6.07) is 12.6. The van der Waals surface area contributed by atoms with Crippen LogP contribution in [0.15, 0.2) is 66.4 Å². The molecule has 0 atom stereocenters. The Morgan fingerprint density at radius 2 is 1.97 bits per heavy atom. The maximum atomic E-state index is 13.0. The average molecular weight is 442 g/mol. The molecule has 0 saturated heterocycles. The molecule has 0 fully saturated rings. The molecule has 0 bridgehead atoms. The van der Waals surface area contributed by atoms with Gasteiger partial charge in [0, 0.05) is 22.4 Å². The molecule has 1 aromatic heterocycles. The smallest absolute Gasteiger partial charge is 0.416 e. The Labute approximate surface area is 180 Å². The van der Waals surface area contributed by atoms with Gasteiger partial charge in [-0.05, 0) is 36.8 Å². The molecule has 0 saturated carbocycles. The largest absolute Gasteiger partial charge is 0.464 e. The average Bonchev–Trinajstić information content (AvgIpc) is 2.93. The summed E-state index contributed by atoms with van der Waals surface area (Å²) in [5, 5.41) is 3.15. The predicted octanol–water partition coefficient (Wildman–Crippen LogP) is 5.99. The lowest BCUT2D eigenvalue weighted by Gasteiger charge is -2.08. The Morgan fingerprint density at radius 1 is 1.16 bits per heavy atom. The van der Waals surface area contributed by atoms with E-state index in [4.69, 9.17) is 4.74 Å². The molecule has 158 valence electrons. The fraction of sp³-hybridized carbons (Fsp3) is 0.130. The highest BCUT2D eigenvalue weighted by Gasteiger charge is 2.30. The molecule has 2 heterocycles. The second-order valence-corrected chi connectivity index (χ2v) is 8.00. The molecule has 31 heavy (non-hydrogen) atoms. The summed E-state index contributed by atoms with van der Waals surface area (Å²) < 4.78 is 44.4. The molecule has 1 amide bonds. The Morgan fingerprint density at radius 3 is 2.77 bits per heavy atom. The van der Waals surface area contributed by atoms with Crippen molar-refractivity contribution in [1.29, 1.82) is 0 Å². The predicted molar refractivity (Wildman–Crippen MR) is 114 cm³/mol. The second-order valence-electron chi connectivity index (χ2n) is 6.91. The van der Waals surface area contributed by atoms with E-state index in [1.54, 1.807) is 31.2 Å². The number of anilines is 1. The molecule has 0 spiro atoms. The summed E-state index contributed by atoms with van der Waals surface area (Å²) in [5.41, 5.74) is 1.69. The van der Waals surface area contributed by atoms with Crippen LogP contribution in [0.25, 0.3) is 6.08 Å². The number of amides is 1. The van der Waals surface area contributed by atoms with Gasteiger partial charge in [0.2, 0.25) is 0 Å². The Kier molecular flexibility index (Phi) is 5.65. The lowest BCUT2D eigenvalue weighted by Crippen LogP contribution is -2.12. The fourth-order valence-corrected chi connectivity index (χ4v) is 4.09. The number of fused-ring (bicyclic) bond motifs is 1. The van der Waals surface area contributed by atoms with E-state index >= 15 is 0 Å². The van der Waals surface area contributed by atoms with Crippen molar-refractivity contribution in [3.63, 3.8) is 0 Å². The minimum Gasteiger partial charge on any atom is -0.464 e. The van der Waals surface area contributed by atoms with Crippen LogP contribution in [0.2, 0.25) is 0 Å². The zero-order valence-corrected chi connectivity index (χ0v) is 17.2. The van der Waals surface area contributed by atoms with Gasteiger partial charge in [-0.1, -0.05) is 36.4 Å². The molecular weight excluding hydrogens is 425 g/mol. The highest BCUT2D eigenvalue weighted by atomic mass is 32.1. The van der Waals surface area contributed by atoms with Gasteiger partial charge in [-0.2, -0.15) is 13.2 Å². The number of aromatic nitrogens is 1. The summed E-state index contributed by atoms with van der Waals surface area (Å²) in [4.78, 5) is 17.9. The Bertz CT molecular complexity index is 1200. The molecule has 1 aliphatic rings. The molecule has 2 aromatic carbocycles. The number of aryl methyl sites for hydroxylation is 1. The van der Waals surface area contributed by atoms with Gasteiger partial charge in [-0.15, -0.1) is 11.3 Å². The molecule has 1 aliphatic heterocycles. The molecule has 3 aromatic rings. The van der Waals surface area contributed by atoms with Crippen molar-refractivity contribution in [3.05, 3.63) is 93.7 Å². The summed E-state index contributed by atoms with van der Waals surface area (Å²) in [6.45, 7) is 1.77. The van der Waals surface area contributed by atoms with E-state index in [1.165, 1.54) is 23.7 Å². The maximum absolute atomic E-state index is 13.0. The topological polar surface area (TPSA) is 51.2 Å². The number of halogens is 3. The molecule has 4 nitrogen and oxygen atoms in total. The number of rotatable bonds is 4. The molecular formula is C23H17F3N2O2S. The van der Waals surface area contributed by atoms with Gasteiger partial charge in [-0.25, -0.2) is 4.98 Å².